The summed E-state index contributed by atoms with van der Waals surface area (Å²) in [4.78, 5) is 24.7. The van der Waals surface area contributed by atoms with Gasteiger partial charge < -0.3 is 4.90 Å². The molecule has 1 aromatic carbocycles. The van der Waals surface area contributed by atoms with Gasteiger partial charge in [0.05, 0.1) is 0 Å². The molecule has 2 rings (SSSR count). The average Bonchev–Trinajstić information content (AvgIpc) is 2.40. The molecule has 0 N–H and O–H groups in total. The summed E-state index contributed by atoms with van der Waals surface area (Å²) in [5.41, 5.74) is 0.974. The smallest absolute Gasteiger partial charge is 0.235 e. The number of carbonyl (C=O) groups is 2. The first kappa shape index (κ1) is 13.9. The van der Waals surface area contributed by atoms with Crippen LogP contribution in [0, 0.1) is 0 Å². The highest BCUT2D eigenvalue weighted by atomic mass is 32.2. The van der Waals surface area contributed by atoms with Crippen LogP contribution in [0.4, 0.5) is 0 Å². The van der Waals surface area contributed by atoms with Gasteiger partial charge in [0.15, 0.2) is 0 Å². The number of ketones is 1. The first-order valence-corrected chi connectivity index (χ1v) is 7.82. The number of piperidine rings is 1. The van der Waals surface area contributed by atoms with E-state index < -0.39 is 10.8 Å². The summed E-state index contributed by atoms with van der Waals surface area (Å²) in [7, 11) is -1.19. The molecule has 1 aromatic rings. The zero-order valence-corrected chi connectivity index (χ0v) is 11.5. The van der Waals surface area contributed by atoms with Crippen molar-refractivity contribution in [2.24, 2.45) is 0 Å². The van der Waals surface area contributed by atoms with Crippen LogP contribution >= 0.6 is 0 Å². The van der Waals surface area contributed by atoms with Crippen molar-refractivity contribution in [3.05, 3.63) is 35.9 Å². The minimum absolute atomic E-state index is 0.0447. The van der Waals surface area contributed by atoms with Gasteiger partial charge in [-0.1, -0.05) is 30.3 Å². The molecule has 0 bridgehead atoms. The van der Waals surface area contributed by atoms with Crippen molar-refractivity contribution in [1.29, 1.82) is 0 Å². The predicted octanol–water partition coefficient (Wildman–Crippen LogP) is 1.13. The molecule has 1 aliphatic rings. The lowest BCUT2D eigenvalue weighted by atomic mass is 10.1. The van der Waals surface area contributed by atoms with Gasteiger partial charge in [-0.2, -0.15) is 0 Å². The fraction of sp³-hybridized carbons (Fsp3) is 0.429. The van der Waals surface area contributed by atoms with Gasteiger partial charge in [0.1, 0.15) is 11.5 Å². The van der Waals surface area contributed by atoms with Crippen LogP contribution in [-0.2, 0) is 26.1 Å². The zero-order valence-electron chi connectivity index (χ0n) is 10.7. The molecular weight excluding hydrogens is 262 g/mol. The van der Waals surface area contributed by atoms with Crippen LogP contribution in [0.5, 0.6) is 0 Å². The van der Waals surface area contributed by atoms with Crippen LogP contribution in [0.25, 0.3) is 0 Å². The highest BCUT2D eigenvalue weighted by Crippen LogP contribution is 2.08. The van der Waals surface area contributed by atoms with E-state index in [-0.39, 0.29) is 17.4 Å². The third kappa shape index (κ3) is 4.28. The molecule has 0 spiro atoms. The SMILES string of the molecule is O=C1CCN(C(=O)CS(=O)Cc2ccccc2)CC1. The lowest BCUT2D eigenvalue weighted by Crippen LogP contribution is -2.40. The van der Waals surface area contributed by atoms with Gasteiger partial charge >= 0.3 is 0 Å². The Kier molecular flexibility index (Phi) is 4.85. The van der Waals surface area contributed by atoms with Gasteiger partial charge in [-0.15, -0.1) is 0 Å². The number of benzene rings is 1. The second kappa shape index (κ2) is 6.61. The second-order valence-corrected chi connectivity index (χ2v) is 6.09. The third-order valence-corrected chi connectivity index (χ3v) is 4.35. The van der Waals surface area contributed by atoms with E-state index in [0.717, 1.165) is 5.56 Å². The summed E-state index contributed by atoms with van der Waals surface area (Å²) in [6, 6.07) is 9.50. The van der Waals surface area contributed by atoms with Crippen LogP contribution in [0.3, 0.4) is 0 Å². The van der Waals surface area contributed by atoms with E-state index >= 15 is 0 Å². The molecule has 0 saturated carbocycles. The topological polar surface area (TPSA) is 54.5 Å². The summed E-state index contributed by atoms with van der Waals surface area (Å²) in [6.07, 6.45) is 0.855. The number of nitrogens with zero attached hydrogens (tertiary/aromatic N) is 1. The Balaban J connectivity index is 1.82. The van der Waals surface area contributed by atoms with Gasteiger partial charge in [0.25, 0.3) is 0 Å². The molecule has 1 fully saturated rings. The number of likely N-dealkylation sites (tertiary alicyclic amines) is 1. The fourth-order valence-corrected chi connectivity index (χ4v) is 3.17. The standard InChI is InChI=1S/C14H17NO3S/c16-13-6-8-15(9-7-13)14(17)11-19(18)10-12-4-2-1-3-5-12/h1-5H,6-11H2. The van der Waals surface area contributed by atoms with Crippen LogP contribution in [0.1, 0.15) is 18.4 Å². The van der Waals surface area contributed by atoms with Gasteiger partial charge in [-0.05, 0) is 5.56 Å². The van der Waals surface area contributed by atoms with Crippen molar-refractivity contribution in [3.8, 4) is 0 Å². The molecule has 0 aromatic heterocycles. The monoisotopic (exact) mass is 279 g/mol. The first-order valence-electron chi connectivity index (χ1n) is 6.33. The molecule has 1 heterocycles. The van der Waals surface area contributed by atoms with Crippen molar-refractivity contribution in [2.45, 2.75) is 18.6 Å². The van der Waals surface area contributed by atoms with E-state index in [9.17, 15) is 13.8 Å². The summed E-state index contributed by atoms with van der Waals surface area (Å²) in [6.45, 7) is 0.945. The second-order valence-electron chi connectivity index (χ2n) is 4.63. The van der Waals surface area contributed by atoms with Crippen molar-refractivity contribution in [2.75, 3.05) is 18.8 Å². The highest BCUT2D eigenvalue weighted by Gasteiger charge is 2.21. The lowest BCUT2D eigenvalue weighted by molar-refractivity contribution is -0.132. The van der Waals surface area contributed by atoms with Crippen LogP contribution in [0.2, 0.25) is 0 Å². The maximum Gasteiger partial charge on any atom is 0.235 e. The number of Topliss-reactive ketones (excluding diaryl/α,β-unsaturated/α-hetero) is 1. The molecular formula is C14H17NO3S. The molecule has 5 heteroatoms. The summed E-state index contributed by atoms with van der Waals surface area (Å²) >= 11 is 0. The number of hydrogen-bond donors (Lipinski definition) is 0. The Hall–Kier alpha value is -1.49. The molecule has 0 radical (unpaired) electrons. The number of amides is 1. The minimum atomic E-state index is -1.19. The Morgan fingerprint density at radius 1 is 1.16 bits per heavy atom. The third-order valence-electron chi connectivity index (χ3n) is 3.13. The number of hydrogen-bond acceptors (Lipinski definition) is 3. The van der Waals surface area contributed by atoms with Crippen molar-refractivity contribution < 1.29 is 13.8 Å². The van der Waals surface area contributed by atoms with Crippen molar-refractivity contribution in [1.82, 2.24) is 4.90 Å². The molecule has 19 heavy (non-hydrogen) atoms. The zero-order chi connectivity index (χ0) is 13.7. The summed E-state index contributed by atoms with van der Waals surface area (Å²) < 4.78 is 11.9. The predicted molar refractivity (Wildman–Crippen MR) is 74.0 cm³/mol. The number of rotatable bonds is 4. The lowest BCUT2D eigenvalue weighted by Gasteiger charge is -2.25. The van der Waals surface area contributed by atoms with Gasteiger partial charge in [-0.3, -0.25) is 13.8 Å². The normalized spacial score (nSPS) is 17.3. The minimum Gasteiger partial charge on any atom is -0.341 e. The van der Waals surface area contributed by atoms with E-state index in [1.54, 1.807) is 4.90 Å². The van der Waals surface area contributed by atoms with Gasteiger partial charge in [0.2, 0.25) is 5.91 Å². The molecule has 102 valence electrons. The first-order chi connectivity index (χ1) is 9.15. The van der Waals surface area contributed by atoms with E-state index in [1.807, 2.05) is 30.3 Å². The molecule has 0 aliphatic carbocycles. The van der Waals surface area contributed by atoms with Crippen LogP contribution in [0.15, 0.2) is 30.3 Å². The van der Waals surface area contributed by atoms with Crippen molar-refractivity contribution in [3.63, 3.8) is 0 Å². The average molecular weight is 279 g/mol. The Morgan fingerprint density at radius 3 is 2.42 bits per heavy atom. The van der Waals surface area contributed by atoms with E-state index in [1.165, 1.54) is 0 Å². The highest BCUT2D eigenvalue weighted by molar-refractivity contribution is 7.84. The molecule has 4 nitrogen and oxygen atoms in total. The Labute approximate surface area is 115 Å². The Bertz CT molecular complexity index is 477. The van der Waals surface area contributed by atoms with E-state index in [0.29, 0.717) is 31.7 Å². The Morgan fingerprint density at radius 2 is 1.79 bits per heavy atom. The molecule has 1 aliphatic heterocycles. The van der Waals surface area contributed by atoms with Crippen molar-refractivity contribution >= 4 is 22.5 Å². The molecule has 1 amide bonds. The van der Waals surface area contributed by atoms with E-state index in [2.05, 4.69) is 0 Å². The van der Waals surface area contributed by atoms with Gasteiger partial charge in [-0.25, -0.2) is 0 Å². The van der Waals surface area contributed by atoms with Gasteiger partial charge in [0, 0.05) is 42.5 Å². The number of carbonyl (C=O) groups excluding carboxylic acids is 2. The van der Waals surface area contributed by atoms with Crippen LogP contribution < -0.4 is 0 Å². The summed E-state index contributed by atoms with van der Waals surface area (Å²) in [5.74, 6) is 0.541. The quantitative estimate of drug-likeness (QED) is 0.830. The molecule has 1 atom stereocenters. The molecule has 1 unspecified atom stereocenters. The van der Waals surface area contributed by atoms with E-state index in [4.69, 9.17) is 0 Å². The molecule has 1 saturated heterocycles. The maximum absolute atomic E-state index is 11.9. The van der Waals surface area contributed by atoms with Crippen LogP contribution in [-0.4, -0.2) is 39.6 Å². The largest absolute Gasteiger partial charge is 0.341 e. The fourth-order valence-electron chi connectivity index (χ4n) is 2.05. The maximum atomic E-state index is 11.9. The summed E-state index contributed by atoms with van der Waals surface area (Å²) in [5, 5.41) is 0.